The van der Waals surface area contributed by atoms with E-state index in [2.05, 4.69) is 21.3 Å². The summed E-state index contributed by atoms with van der Waals surface area (Å²) < 4.78 is 26.3. The molecule has 1 heterocycles. The fraction of sp³-hybridized carbons (Fsp3) is 0.854. The molecule has 1 fully saturated rings. The molecule has 0 bridgehead atoms. The number of ether oxygens (including phenoxy) is 5. The van der Waals surface area contributed by atoms with Gasteiger partial charge in [-0.15, -0.1) is 0 Å². The van der Waals surface area contributed by atoms with Crippen LogP contribution in [0.15, 0.2) is 0 Å². The van der Waals surface area contributed by atoms with E-state index in [1.165, 1.54) is 51.4 Å². The van der Waals surface area contributed by atoms with E-state index < -0.39 is 5.97 Å². The molecule has 0 aromatic heterocycles. The highest BCUT2D eigenvalue weighted by molar-refractivity contribution is 5.78. The Kier molecular flexibility index (Phi) is 34.4. The topological polar surface area (TPSA) is 220 Å². The van der Waals surface area contributed by atoms with Gasteiger partial charge in [-0.05, 0) is 26.2 Å². The number of esters is 1. The van der Waals surface area contributed by atoms with Crippen LogP contribution in [0.25, 0.3) is 0 Å². The number of morpholine rings is 1. The summed E-state index contributed by atoms with van der Waals surface area (Å²) in [5.41, 5.74) is 0. The first kappa shape index (κ1) is 52.6. The number of rotatable bonds is 40. The maximum atomic E-state index is 12.3. The largest absolute Gasteiger partial charge is 0.481 e. The Hall–Kier alpha value is -3.38. The SMILES string of the molecule is CC(CCC(=O)NCCOCCOCC(=O)NCCOCCOCC(=O)NCCN1CCOC(=O)C1)NC(=O)CCCCCCCCCCCCCCCCC(=O)O. The minimum Gasteiger partial charge on any atom is -0.481 e. The summed E-state index contributed by atoms with van der Waals surface area (Å²) in [7, 11) is 0. The lowest BCUT2D eigenvalue weighted by Crippen LogP contribution is -2.44. The number of hydrogen-bond donors (Lipinski definition) is 5. The lowest BCUT2D eigenvalue weighted by molar-refractivity contribution is -0.150. The minimum atomic E-state index is -0.696. The molecule has 17 heteroatoms. The molecule has 0 aromatic carbocycles. The molecule has 0 aliphatic carbocycles. The van der Waals surface area contributed by atoms with E-state index in [9.17, 15) is 28.8 Å². The van der Waals surface area contributed by atoms with Crippen molar-refractivity contribution in [1.82, 2.24) is 26.2 Å². The van der Waals surface area contributed by atoms with Gasteiger partial charge in [0.2, 0.25) is 23.6 Å². The molecule has 4 amide bonds. The van der Waals surface area contributed by atoms with Gasteiger partial charge >= 0.3 is 11.9 Å². The monoisotopic (exact) mass is 830 g/mol. The molecule has 1 aliphatic rings. The van der Waals surface area contributed by atoms with E-state index in [4.69, 9.17) is 28.8 Å². The second kappa shape index (κ2) is 37.9. The van der Waals surface area contributed by atoms with Gasteiger partial charge in [0, 0.05) is 58.0 Å². The molecule has 1 atom stereocenters. The highest BCUT2D eigenvalue weighted by Crippen LogP contribution is 2.14. The van der Waals surface area contributed by atoms with Gasteiger partial charge in [0.05, 0.1) is 46.2 Å². The third-order valence-corrected chi connectivity index (χ3v) is 9.38. The third-order valence-electron chi connectivity index (χ3n) is 9.38. The number of carbonyl (C=O) groups is 6. The molecule has 1 rings (SSSR count). The van der Waals surface area contributed by atoms with Crippen molar-refractivity contribution in [2.24, 2.45) is 0 Å². The first-order chi connectivity index (χ1) is 28.2. The minimum absolute atomic E-state index is 0.0350. The number of amides is 4. The van der Waals surface area contributed by atoms with E-state index >= 15 is 0 Å². The fourth-order valence-electron chi connectivity index (χ4n) is 6.08. The van der Waals surface area contributed by atoms with Crippen LogP contribution in [-0.2, 0) is 52.5 Å². The maximum Gasteiger partial charge on any atom is 0.320 e. The van der Waals surface area contributed by atoms with Gasteiger partial charge in [0.15, 0.2) is 0 Å². The van der Waals surface area contributed by atoms with E-state index in [0.717, 1.165) is 38.5 Å². The number of cyclic esters (lactones) is 1. The molecule has 0 spiro atoms. The van der Waals surface area contributed by atoms with E-state index in [1.807, 2.05) is 11.8 Å². The summed E-state index contributed by atoms with van der Waals surface area (Å²) in [5.74, 6) is -1.54. The van der Waals surface area contributed by atoms with Gasteiger partial charge in [-0.3, -0.25) is 33.7 Å². The predicted molar refractivity (Wildman–Crippen MR) is 218 cm³/mol. The summed E-state index contributed by atoms with van der Waals surface area (Å²) in [4.78, 5) is 71.8. The first-order valence-corrected chi connectivity index (χ1v) is 21.7. The van der Waals surface area contributed by atoms with Crippen LogP contribution in [0.4, 0.5) is 0 Å². The van der Waals surface area contributed by atoms with Crippen LogP contribution in [0.2, 0.25) is 0 Å². The Morgan fingerprint density at radius 3 is 1.59 bits per heavy atom. The second-order valence-electron chi connectivity index (χ2n) is 14.7. The van der Waals surface area contributed by atoms with E-state index in [1.54, 1.807) is 0 Å². The van der Waals surface area contributed by atoms with Crippen molar-refractivity contribution in [2.75, 3.05) is 98.7 Å². The molecule has 5 N–H and O–H groups in total. The standard InChI is InChI=1S/C41H75N5O12/c1-35(45-37(48)16-14-12-10-8-6-4-2-3-5-7-9-11-13-15-17-40(51)52)18-19-36(47)43-21-25-54-28-31-57-34-39(50)44-22-26-55-29-30-56-33-38(49)42-20-23-46-24-27-58-41(53)32-46/h35H,2-34H2,1H3,(H,42,49)(H,43,47)(H,44,50)(H,45,48)(H,51,52). The van der Waals surface area contributed by atoms with Gasteiger partial charge in [-0.25, -0.2) is 0 Å². The number of nitrogens with zero attached hydrogens (tertiary/aromatic N) is 1. The highest BCUT2D eigenvalue weighted by Gasteiger charge is 2.17. The highest BCUT2D eigenvalue weighted by atomic mass is 16.5. The molecule has 0 saturated carbocycles. The predicted octanol–water partition coefficient (Wildman–Crippen LogP) is 2.87. The number of nitrogens with one attached hydrogen (secondary N) is 4. The Bertz CT molecular complexity index is 1120. The van der Waals surface area contributed by atoms with Crippen molar-refractivity contribution in [3.63, 3.8) is 0 Å². The molecule has 1 saturated heterocycles. The smallest absolute Gasteiger partial charge is 0.320 e. The fourth-order valence-corrected chi connectivity index (χ4v) is 6.08. The summed E-state index contributed by atoms with van der Waals surface area (Å²) >= 11 is 0. The number of carboxylic acids is 1. The Balaban J connectivity index is 1.81. The lowest BCUT2D eigenvalue weighted by Gasteiger charge is -2.25. The molecule has 1 unspecified atom stereocenters. The molecular formula is C41H75N5O12. The number of carbonyl (C=O) groups excluding carboxylic acids is 5. The zero-order chi connectivity index (χ0) is 42.3. The molecule has 17 nitrogen and oxygen atoms in total. The van der Waals surface area contributed by atoms with E-state index in [0.29, 0.717) is 71.6 Å². The number of aliphatic carboxylic acids is 1. The van der Waals surface area contributed by atoms with Crippen LogP contribution in [0.3, 0.4) is 0 Å². The average molecular weight is 830 g/mol. The van der Waals surface area contributed by atoms with Gasteiger partial charge in [-0.1, -0.05) is 77.0 Å². The molecular weight excluding hydrogens is 754 g/mol. The van der Waals surface area contributed by atoms with Crippen LogP contribution in [0, 0.1) is 0 Å². The lowest BCUT2D eigenvalue weighted by atomic mass is 10.0. The maximum absolute atomic E-state index is 12.3. The second-order valence-corrected chi connectivity index (χ2v) is 14.7. The van der Waals surface area contributed by atoms with Gasteiger partial charge < -0.3 is 50.1 Å². The average Bonchev–Trinajstić information content (AvgIpc) is 3.18. The number of unbranched alkanes of at least 4 members (excludes halogenated alkanes) is 13. The zero-order valence-corrected chi connectivity index (χ0v) is 35.3. The summed E-state index contributed by atoms with van der Waals surface area (Å²) in [6.07, 6.45) is 17.7. The van der Waals surface area contributed by atoms with Crippen LogP contribution >= 0.6 is 0 Å². The number of hydrogen-bond acceptors (Lipinski definition) is 12. The first-order valence-electron chi connectivity index (χ1n) is 21.7. The third kappa shape index (κ3) is 35.8. The zero-order valence-electron chi connectivity index (χ0n) is 35.3. The van der Waals surface area contributed by atoms with Crippen molar-refractivity contribution in [2.45, 2.75) is 129 Å². The van der Waals surface area contributed by atoms with Crippen LogP contribution in [0.5, 0.6) is 0 Å². The number of carboxylic acid groups (broad SMARTS) is 1. The van der Waals surface area contributed by atoms with E-state index in [-0.39, 0.29) is 88.4 Å². The molecule has 1 aliphatic heterocycles. The Labute approximate surface area is 346 Å². The van der Waals surface area contributed by atoms with Gasteiger partial charge in [0.1, 0.15) is 19.8 Å². The van der Waals surface area contributed by atoms with Crippen molar-refractivity contribution in [1.29, 1.82) is 0 Å². The van der Waals surface area contributed by atoms with Crippen molar-refractivity contribution < 1.29 is 57.6 Å². The molecule has 0 radical (unpaired) electrons. The van der Waals surface area contributed by atoms with Crippen LogP contribution < -0.4 is 21.3 Å². The van der Waals surface area contributed by atoms with Gasteiger partial charge in [-0.2, -0.15) is 0 Å². The summed E-state index contributed by atoms with van der Waals surface area (Å²) in [5, 5.41) is 19.9. The van der Waals surface area contributed by atoms with Crippen LogP contribution in [0.1, 0.15) is 122 Å². The van der Waals surface area contributed by atoms with Crippen molar-refractivity contribution in [3.8, 4) is 0 Å². The van der Waals surface area contributed by atoms with Crippen LogP contribution in [-0.4, -0.2) is 150 Å². The Morgan fingerprint density at radius 2 is 1.07 bits per heavy atom. The van der Waals surface area contributed by atoms with Crippen molar-refractivity contribution in [3.05, 3.63) is 0 Å². The molecule has 0 aromatic rings. The molecule has 58 heavy (non-hydrogen) atoms. The Morgan fingerprint density at radius 1 is 0.603 bits per heavy atom. The molecule has 336 valence electrons. The summed E-state index contributed by atoms with van der Waals surface area (Å²) in [6.45, 7) is 6.24. The summed E-state index contributed by atoms with van der Waals surface area (Å²) in [6, 6.07) is -0.0763. The quantitative estimate of drug-likeness (QED) is 0.0444. The normalized spacial score (nSPS) is 13.4. The van der Waals surface area contributed by atoms with Crippen molar-refractivity contribution >= 4 is 35.6 Å². The van der Waals surface area contributed by atoms with Gasteiger partial charge in [0.25, 0.3) is 0 Å².